The molecular weight excluding hydrogens is 204 g/mol. The van der Waals surface area contributed by atoms with E-state index in [2.05, 4.69) is 10.5 Å². The predicted octanol–water partition coefficient (Wildman–Crippen LogP) is 1.23. The van der Waals surface area contributed by atoms with E-state index in [0.717, 1.165) is 0 Å². The van der Waals surface area contributed by atoms with Crippen LogP contribution in [0.1, 0.15) is 0 Å². The fourth-order valence-electron chi connectivity index (χ4n) is 0.873. The molecule has 0 heterocycles. The summed E-state index contributed by atoms with van der Waals surface area (Å²) in [7, 11) is 0. The molecule has 8 heteroatoms. The monoisotopic (exact) mass is 210 g/mol. The lowest BCUT2D eigenvalue weighted by Gasteiger charge is -1.96. The lowest BCUT2D eigenvalue weighted by Crippen LogP contribution is -1.99. The first kappa shape index (κ1) is 10.6. The number of nitro groups is 2. The number of hydrazone groups is 1. The molecule has 15 heavy (non-hydrogen) atoms. The van der Waals surface area contributed by atoms with Gasteiger partial charge in [0.05, 0.1) is 4.92 Å². The minimum absolute atomic E-state index is 0.0978. The summed E-state index contributed by atoms with van der Waals surface area (Å²) in [4.78, 5) is 19.0. The molecule has 1 N–H and O–H groups in total. The molecule has 0 fully saturated rings. The highest BCUT2D eigenvalue weighted by atomic mass is 16.6. The lowest BCUT2D eigenvalue weighted by molar-refractivity contribution is -0.384. The van der Waals surface area contributed by atoms with Gasteiger partial charge in [0.15, 0.2) is 5.69 Å². The zero-order valence-electron chi connectivity index (χ0n) is 7.36. The molecular formula is C7H6N4O4. The van der Waals surface area contributed by atoms with E-state index in [-0.39, 0.29) is 11.4 Å². The van der Waals surface area contributed by atoms with Crippen molar-refractivity contribution in [1.29, 1.82) is 0 Å². The SMILES string of the molecule is O=[N+]([O-])C=NNc1ccccc1[N+](=O)[O-]. The maximum absolute atomic E-state index is 10.5. The number of nitrogens with zero attached hydrogens (tertiary/aromatic N) is 3. The molecule has 1 aromatic carbocycles. The summed E-state index contributed by atoms with van der Waals surface area (Å²) in [6, 6.07) is 5.71. The van der Waals surface area contributed by atoms with Crippen LogP contribution < -0.4 is 5.43 Å². The van der Waals surface area contributed by atoms with Gasteiger partial charge in [-0.2, -0.15) is 5.43 Å². The summed E-state index contributed by atoms with van der Waals surface area (Å²) in [6.07, 6.45) is 0.413. The van der Waals surface area contributed by atoms with E-state index in [1.807, 2.05) is 0 Å². The second kappa shape index (κ2) is 4.65. The van der Waals surface area contributed by atoms with Gasteiger partial charge in [-0.25, -0.2) is 0 Å². The maximum Gasteiger partial charge on any atom is 0.352 e. The molecule has 0 spiro atoms. The Hall–Kier alpha value is -2.51. The van der Waals surface area contributed by atoms with Crippen LogP contribution in [0.5, 0.6) is 0 Å². The van der Waals surface area contributed by atoms with E-state index >= 15 is 0 Å². The van der Waals surface area contributed by atoms with Gasteiger partial charge in [0, 0.05) is 11.2 Å². The first-order chi connectivity index (χ1) is 7.11. The second-order valence-corrected chi connectivity index (χ2v) is 2.42. The molecule has 0 atom stereocenters. The van der Waals surface area contributed by atoms with Crippen LogP contribution in [0.2, 0.25) is 0 Å². The topological polar surface area (TPSA) is 111 Å². The molecule has 8 nitrogen and oxygen atoms in total. The fraction of sp³-hybridized carbons (Fsp3) is 0. The highest BCUT2D eigenvalue weighted by molar-refractivity contribution is 5.62. The predicted molar refractivity (Wildman–Crippen MR) is 52.2 cm³/mol. The first-order valence-electron chi connectivity index (χ1n) is 3.77. The Bertz CT molecular complexity index is 417. The van der Waals surface area contributed by atoms with Crippen molar-refractivity contribution in [2.75, 3.05) is 5.43 Å². The van der Waals surface area contributed by atoms with Crippen molar-refractivity contribution >= 4 is 17.7 Å². The van der Waals surface area contributed by atoms with Crippen molar-refractivity contribution < 1.29 is 9.85 Å². The van der Waals surface area contributed by atoms with Crippen molar-refractivity contribution in [2.24, 2.45) is 5.10 Å². The van der Waals surface area contributed by atoms with Gasteiger partial charge in [0.1, 0.15) is 0 Å². The Morgan fingerprint density at radius 3 is 2.53 bits per heavy atom. The number of rotatable bonds is 4. The molecule has 0 saturated heterocycles. The minimum Gasteiger partial charge on any atom is -0.358 e. The minimum atomic E-state index is -0.776. The van der Waals surface area contributed by atoms with Gasteiger partial charge in [-0.15, -0.1) is 0 Å². The van der Waals surface area contributed by atoms with Crippen molar-refractivity contribution in [1.82, 2.24) is 0 Å². The zero-order valence-corrected chi connectivity index (χ0v) is 7.36. The van der Waals surface area contributed by atoms with E-state index in [4.69, 9.17) is 0 Å². The third kappa shape index (κ3) is 3.03. The number of benzene rings is 1. The van der Waals surface area contributed by atoms with Crippen molar-refractivity contribution in [3.05, 3.63) is 44.5 Å². The van der Waals surface area contributed by atoms with Gasteiger partial charge >= 0.3 is 6.34 Å². The molecule has 0 unspecified atom stereocenters. The number of anilines is 1. The normalized spacial score (nSPS) is 10.1. The lowest BCUT2D eigenvalue weighted by atomic mass is 10.3. The summed E-state index contributed by atoms with van der Waals surface area (Å²) < 4.78 is 0. The van der Waals surface area contributed by atoms with Gasteiger partial charge in [-0.3, -0.25) is 10.1 Å². The average Bonchev–Trinajstić information content (AvgIpc) is 2.17. The molecule has 0 aromatic heterocycles. The Morgan fingerprint density at radius 2 is 1.93 bits per heavy atom. The maximum atomic E-state index is 10.5. The highest BCUT2D eigenvalue weighted by Gasteiger charge is 2.12. The molecule has 0 radical (unpaired) electrons. The number of nitro benzene ring substituents is 1. The van der Waals surface area contributed by atoms with E-state index in [0.29, 0.717) is 6.34 Å². The number of para-hydroxylation sites is 2. The van der Waals surface area contributed by atoms with Gasteiger partial charge in [-0.05, 0) is 11.0 Å². The Balaban J connectivity index is 2.85. The molecule has 0 amide bonds. The summed E-state index contributed by atoms with van der Waals surface area (Å²) >= 11 is 0. The third-order valence-electron chi connectivity index (χ3n) is 1.44. The molecule has 0 aliphatic heterocycles. The summed E-state index contributed by atoms with van der Waals surface area (Å²) in [5.74, 6) is 0. The Labute approximate surface area is 83.5 Å². The largest absolute Gasteiger partial charge is 0.358 e. The average molecular weight is 210 g/mol. The Kier molecular flexibility index (Phi) is 3.28. The molecule has 1 rings (SSSR count). The zero-order chi connectivity index (χ0) is 11.3. The molecule has 0 bridgehead atoms. The van der Waals surface area contributed by atoms with E-state index in [1.165, 1.54) is 18.2 Å². The third-order valence-corrected chi connectivity index (χ3v) is 1.44. The van der Waals surface area contributed by atoms with Crippen LogP contribution in [-0.2, 0) is 0 Å². The van der Waals surface area contributed by atoms with Gasteiger partial charge in [0.25, 0.3) is 5.69 Å². The second-order valence-electron chi connectivity index (χ2n) is 2.42. The van der Waals surface area contributed by atoms with Crippen LogP contribution in [0.15, 0.2) is 29.4 Å². The van der Waals surface area contributed by atoms with Crippen LogP contribution in [0.4, 0.5) is 11.4 Å². The van der Waals surface area contributed by atoms with Crippen LogP contribution in [-0.4, -0.2) is 16.2 Å². The highest BCUT2D eigenvalue weighted by Crippen LogP contribution is 2.22. The van der Waals surface area contributed by atoms with Crippen LogP contribution in [0, 0.1) is 20.2 Å². The molecule has 0 aliphatic carbocycles. The van der Waals surface area contributed by atoms with Crippen LogP contribution in [0.3, 0.4) is 0 Å². The van der Waals surface area contributed by atoms with Crippen LogP contribution in [0.25, 0.3) is 0 Å². The van der Waals surface area contributed by atoms with Crippen molar-refractivity contribution in [3.8, 4) is 0 Å². The summed E-state index contributed by atoms with van der Waals surface area (Å²) in [5, 5.41) is 23.6. The first-order valence-corrected chi connectivity index (χ1v) is 3.77. The number of hydrogen-bond acceptors (Lipinski definition) is 6. The van der Waals surface area contributed by atoms with E-state index < -0.39 is 9.85 Å². The van der Waals surface area contributed by atoms with Crippen molar-refractivity contribution in [3.63, 3.8) is 0 Å². The van der Waals surface area contributed by atoms with Crippen LogP contribution >= 0.6 is 0 Å². The van der Waals surface area contributed by atoms with Gasteiger partial charge in [-0.1, -0.05) is 12.1 Å². The molecule has 78 valence electrons. The number of hydrogen-bond donors (Lipinski definition) is 1. The number of nitrogens with one attached hydrogen (secondary N) is 1. The summed E-state index contributed by atoms with van der Waals surface area (Å²) in [5.41, 5.74) is 2.11. The van der Waals surface area contributed by atoms with E-state index in [1.54, 1.807) is 6.07 Å². The molecule has 1 aromatic rings. The van der Waals surface area contributed by atoms with Gasteiger partial charge < -0.3 is 10.1 Å². The van der Waals surface area contributed by atoms with Gasteiger partial charge in [0.2, 0.25) is 0 Å². The van der Waals surface area contributed by atoms with E-state index in [9.17, 15) is 20.2 Å². The fourth-order valence-corrected chi connectivity index (χ4v) is 0.873. The molecule has 0 saturated carbocycles. The standard InChI is InChI=1S/C7H6N4O4/c12-10(13)5-8-9-6-3-1-2-4-7(6)11(14)15/h1-5,9H. The smallest absolute Gasteiger partial charge is 0.352 e. The van der Waals surface area contributed by atoms with Crippen molar-refractivity contribution in [2.45, 2.75) is 0 Å². The molecule has 0 aliphatic rings. The summed E-state index contributed by atoms with van der Waals surface area (Å²) in [6.45, 7) is 0. The Morgan fingerprint density at radius 1 is 1.27 bits per heavy atom. The quantitative estimate of drug-likeness (QED) is 0.347.